The first kappa shape index (κ1) is 36.6. The van der Waals surface area contributed by atoms with Crippen molar-refractivity contribution in [2.24, 2.45) is 5.92 Å². The number of hydrogen-bond donors (Lipinski definition) is 1. The van der Waals surface area contributed by atoms with Crippen molar-refractivity contribution in [2.45, 2.75) is 156 Å². The first-order valence-electron chi connectivity index (χ1n) is 17.3. The molecule has 1 fully saturated rings. The smallest absolute Gasteiger partial charge is 0.417 e. The highest BCUT2D eigenvalue weighted by atomic mass is 16.6. The second kappa shape index (κ2) is 22.8. The molecule has 1 aliphatic carbocycles. The van der Waals surface area contributed by atoms with Crippen molar-refractivity contribution in [3.8, 4) is 0 Å². The van der Waals surface area contributed by atoms with Crippen molar-refractivity contribution in [3.05, 3.63) is 30.1 Å². The number of carbonyl (C=O) groups is 3. The molecule has 0 aliphatic heterocycles. The van der Waals surface area contributed by atoms with Crippen LogP contribution in [0.15, 0.2) is 24.4 Å². The Morgan fingerprint density at radius 2 is 1.47 bits per heavy atom. The number of ether oxygens (including phenoxy) is 2. The van der Waals surface area contributed by atoms with Crippen LogP contribution in [0.1, 0.15) is 142 Å². The van der Waals surface area contributed by atoms with E-state index in [0.717, 1.165) is 55.7 Å². The van der Waals surface area contributed by atoms with Gasteiger partial charge in [0.25, 0.3) is 0 Å². The van der Waals surface area contributed by atoms with Crippen LogP contribution in [0, 0.1) is 5.92 Å². The van der Waals surface area contributed by atoms with Gasteiger partial charge in [-0.05, 0) is 32.1 Å². The number of aryl methyl sites for hydroxylation is 1. The highest BCUT2D eigenvalue weighted by Gasteiger charge is 2.33. The third-order valence-corrected chi connectivity index (χ3v) is 8.65. The molecule has 0 radical (unpaired) electrons. The van der Waals surface area contributed by atoms with E-state index in [2.05, 4.69) is 12.2 Å². The average Bonchev–Trinajstić information content (AvgIpc) is 3.55. The van der Waals surface area contributed by atoms with Gasteiger partial charge in [0.05, 0.1) is 0 Å². The molecule has 3 amide bonds. The maximum absolute atomic E-state index is 13.1. The van der Waals surface area contributed by atoms with E-state index in [4.69, 9.17) is 9.47 Å². The number of nitrogens with one attached hydrogen (secondary N) is 1. The zero-order chi connectivity index (χ0) is 31.1. The van der Waals surface area contributed by atoms with Crippen molar-refractivity contribution < 1.29 is 28.4 Å². The average molecular weight is 603 g/mol. The van der Waals surface area contributed by atoms with Crippen LogP contribution < -0.4 is 9.88 Å². The van der Waals surface area contributed by atoms with Gasteiger partial charge in [0, 0.05) is 25.6 Å². The molecule has 43 heavy (non-hydrogen) atoms. The summed E-state index contributed by atoms with van der Waals surface area (Å²) in [7, 11) is 0. The molecule has 1 atom stereocenters. The molecule has 8 nitrogen and oxygen atoms in total. The molecule has 1 aromatic rings. The third-order valence-electron chi connectivity index (χ3n) is 8.65. The number of unbranched alkanes of at least 4 members (excludes halogenated alkanes) is 13. The molecular weight excluding hydrogens is 542 g/mol. The lowest BCUT2D eigenvalue weighted by Gasteiger charge is -2.26. The minimum atomic E-state index is -0.692. The number of amides is 3. The number of imide groups is 1. The van der Waals surface area contributed by atoms with Gasteiger partial charge in [-0.2, -0.15) is 0 Å². The summed E-state index contributed by atoms with van der Waals surface area (Å²) in [5.41, 5.74) is 0.841. The summed E-state index contributed by atoms with van der Waals surface area (Å²) in [4.78, 5) is 39.1. The number of nitrogens with zero attached hydrogens (tertiary/aromatic N) is 2. The Labute approximate surface area is 261 Å². The van der Waals surface area contributed by atoms with Crippen molar-refractivity contribution in [1.82, 2.24) is 10.2 Å². The van der Waals surface area contributed by atoms with E-state index in [9.17, 15) is 14.4 Å². The lowest BCUT2D eigenvalue weighted by atomic mass is 10.0. The van der Waals surface area contributed by atoms with Gasteiger partial charge >= 0.3 is 12.2 Å². The normalized spacial score (nSPS) is 13.9. The second-order valence-corrected chi connectivity index (χ2v) is 12.2. The van der Waals surface area contributed by atoms with Crippen LogP contribution in [0.3, 0.4) is 0 Å². The topological polar surface area (TPSA) is 88.8 Å². The van der Waals surface area contributed by atoms with Gasteiger partial charge in [0.15, 0.2) is 6.20 Å². The minimum absolute atomic E-state index is 0.00692. The van der Waals surface area contributed by atoms with E-state index < -0.39 is 18.3 Å². The van der Waals surface area contributed by atoms with E-state index in [1.165, 1.54) is 84.0 Å². The molecule has 0 aromatic carbocycles. The molecule has 244 valence electrons. The minimum Gasteiger partial charge on any atom is -0.446 e. The third kappa shape index (κ3) is 15.6. The summed E-state index contributed by atoms with van der Waals surface area (Å²) in [6, 6.07) is 5.70. The Kier molecular flexibility index (Phi) is 19.4. The fourth-order valence-corrected chi connectivity index (χ4v) is 5.94. The number of pyridine rings is 1. The zero-order valence-electron chi connectivity index (χ0n) is 27.5. The first-order chi connectivity index (χ1) is 21.0. The molecule has 1 heterocycles. The quantitative estimate of drug-likeness (QED) is 0.107. The molecule has 1 aliphatic rings. The van der Waals surface area contributed by atoms with Crippen LogP contribution in [-0.2, 0) is 27.4 Å². The summed E-state index contributed by atoms with van der Waals surface area (Å²) >= 11 is 0. The predicted molar refractivity (Wildman–Crippen MR) is 170 cm³/mol. The largest absolute Gasteiger partial charge is 0.446 e. The fraction of sp³-hybridized carbons (Fsp3) is 0.771. The molecule has 0 saturated heterocycles. The van der Waals surface area contributed by atoms with Gasteiger partial charge in [0.1, 0.15) is 25.8 Å². The Morgan fingerprint density at radius 1 is 0.884 bits per heavy atom. The molecule has 1 unspecified atom stereocenters. The summed E-state index contributed by atoms with van der Waals surface area (Å²) in [5, 5.41) is 2.84. The fourth-order valence-electron chi connectivity index (χ4n) is 5.94. The van der Waals surface area contributed by atoms with Gasteiger partial charge in [-0.25, -0.2) is 19.1 Å². The molecule has 0 bridgehead atoms. The van der Waals surface area contributed by atoms with E-state index >= 15 is 0 Å². The van der Waals surface area contributed by atoms with E-state index in [-0.39, 0.29) is 25.0 Å². The predicted octanol–water partition coefficient (Wildman–Crippen LogP) is 8.25. The van der Waals surface area contributed by atoms with Gasteiger partial charge < -0.3 is 14.8 Å². The van der Waals surface area contributed by atoms with E-state index in [1.807, 2.05) is 35.9 Å². The number of carbonyl (C=O) groups excluding carboxylic acids is 3. The molecule has 8 heteroatoms. The van der Waals surface area contributed by atoms with Crippen molar-refractivity contribution in [1.29, 1.82) is 0 Å². The maximum atomic E-state index is 13.1. The lowest BCUT2D eigenvalue weighted by Crippen LogP contribution is -2.45. The van der Waals surface area contributed by atoms with E-state index in [0.29, 0.717) is 6.54 Å². The summed E-state index contributed by atoms with van der Waals surface area (Å²) in [6.45, 7) is 7.07. The van der Waals surface area contributed by atoms with Crippen LogP contribution >= 0.6 is 0 Å². The van der Waals surface area contributed by atoms with Crippen LogP contribution in [0.2, 0.25) is 0 Å². The van der Waals surface area contributed by atoms with Crippen LogP contribution in [0.25, 0.3) is 0 Å². The number of aromatic nitrogens is 1. The zero-order valence-corrected chi connectivity index (χ0v) is 27.5. The lowest BCUT2D eigenvalue weighted by molar-refractivity contribution is -0.701. The van der Waals surface area contributed by atoms with Crippen molar-refractivity contribution >= 4 is 18.1 Å². The molecule has 1 saturated carbocycles. The molecule has 0 spiro atoms. The first-order valence-corrected chi connectivity index (χ1v) is 17.3. The summed E-state index contributed by atoms with van der Waals surface area (Å²) in [6.07, 6.45) is 22.3. The summed E-state index contributed by atoms with van der Waals surface area (Å²) in [5.74, 6) is -0.262. The monoisotopic (exact) mass is 602 g/mol. The molecular formula is C35H60N3O5+. The van der Waals surface area contributed by atoms with Crippen molar-refractivity contribution in [3.63, 3.8) is 0 Å². The molecule has 1 N–H and O–H groups in total. The maximum Gasteiger partial charge on any atom is 0.417 e. The standard InChI is InChI=1S/C35H59N3O5/c1-4-6-7-8-9-10-11-12-13-14-15-16-17-21-26-36-34(40)42-29-33(31-23-18-19-24-31)43-35(41)38(30(3)39)28-32-25-20-22-27-37(32)5-2/h20,22,25,27,31,33H,4-19,21,23-24,26,28-29H2,1-3H3/p+1. The van der Waals surface area contributed by atoms with Crippen LogP contribution in [0.5, 0.6) is 0 Å². The second-order valence-electron chi connectivity index (χ2n) is 12.2. The Morgan fingerprint density at radius 3 is 2.02 bits per heavy atom. The van der Waals surface area contributed by atoms with Crippen molar-refractivity contribution in [2.75, 3.05) is 13.2 Å². The van der Waals surface area contributed by atoms with Crippen LogP contribution in [-0.4, -0.2) is 42.2 Å². The van der Waals surface area contributed by atoms with E-state index in [1.54, 1.807) is 0 Å². The number of alkyl carbamates (subject to hydrolysis) is 1. The Hall–Kier alpha value is -2.64. The Balaban J connectivity index is 1.64. The van der Waals surface area contributed by atoms with Crippen LogP contribution in [0.4, 0.5) is 9.59 Å². The summed E-state index contributed by atoms with van der Waals surface area (Å²) < 4.78 is 13.3. The molecule has 2 rings (SSSR count). The van der Waals surface area contributed by atoms with Gasteiger partial charge in [-0.15, -0.1) is 0 Å². The highest BCUT2D eigenvalue weighted by Crippen LogP contribution is 2.30. The molecule has 1 aromatic heterocycles. The van der Waals surface area contributed by atoms with Gasteiger partial charge in [-0.1, -0.05) is 109 Å². The highest BCUT2D eigenvalue weighted by molar-refractivity contribution is 5.90. The SMILES string of the molecule is CCCCCCCCCCCCCCCCNC(=O)OCC(OC(=O)N(Cc1cccc[n+]1CC)C(C)=O)C1CCCC1. The number of hydrogen-bond acceptors (Lipinski definition) is 5. The van der Waals surface area contributed by atoms with Gasteiger partial charge in [0.2, 0.25) is 11.6 Å². The Bertz CT molecular complexity index is 918. The number of rotatable bonds is 22. The van der Waals surface area contributed by atoms with Gasteiger partial charge in [-0.3, -0.25) is 4.79 Å².